The third kappa shape index (κ3) is 5.92. The summed E-state index contributed by atoms with van der Waals surface area (Å²) in [7, 11) is -1.49. The van der Waals surface area contributed by atoms with Crippen molar-refractivity contribution in [1.29, 1.82) is 0 Å². The lowest BCUT2D eigenvalue weighted by molar-refractivity contribution is 0.0511. The predicted octanol–water partition coefficient (Wildman–Crippen LogP) is 5.76. The van der Waals surface area contributed by atoms with Crippen LogP contribution in [0.3, 0.4) is 0 Å². The highest BCUT2D eigenvalue weighted by Gasteiger charge is 2.26. The molecular formula is C22H31O5P. The van der Waals surface area contributed by atoms with Crippen LogP contribution in [0.15, 0.2) is 48.5 Å². The second kappa shape index (κ2) is 10.2. The number of ether oxygens (including phenoxy) is 2. The monoisotopic (exact) mass is 406 g/mol. The molecule has 2 aromatic rings. The number of methoxy groups -OCH3 is 1. The molecule has 0 amide bonds. The van der Waals surface area contributed by atoms with Crippen LogP contribution in [-0.4, -0.2) is 27.1 Å². The van der Waals surface area contributed by atoms with Crippen molar-refractivity contribution in [3.8, 4) is 5.75 Å². The molecule has 0 saturated carbocycles. The second-order valence-corrected chi connectivity index (χ2v) is 9.06. The summed E-state index contributed by atoms with van der Waals surface area (Å²) in [5, 5.41) is 0. The summed E-state index contributed by atoms with van der Waals surface area (Å²) in [5.74, 6) is 0.777. The fourth-order valence-corrected chi connectivity index (χ4v) is 4.74. The van der Waals surface area contributed by atoms with Crippen LogP contribution in [0.5, 0.6) is 5.75 Å². The van der Waals surface area contributed by atoms with Crippen LogP contribution in [0.4, 0.5) is 0 Å². The van der Waals surface area contributed by atoms with Crippen LogP contribution in [0.2, 0.25) is 0 Å². The lowest BCUT2D eigenvalue weighted by Crippen LogP contribution is -2.18. The van der Waals surface area contributed by atoms with Crippen molar-refractivity contribution in [3.63, 3.8) is 0 Å². The van der Waals surface area contributed by atoms with Gasteiger partial charge < -0.3 is 18.5 Å². The quantitative estimate of drug-likeness (QED) is 0.351. The van der Waals surface area contributed by atoms with E-state index in [0.29, 0.717) is 13.2 Å². The third-order valence-corrected chi connectivity index (χ3v) is 6.68. The lowest BCUT2D eigenvalue weighted by Gasteiger charge is -2.27. The third-order valence-electron chi connectivity index (χ3n) is 4.62. The summed E-state index contributed by atoms with van der Waals surface area (Å²) in [6, 6.07) is 16.2. The average Bonchev–Trinajstić information content (AvgIpc) is 2.67. The van der Waals surface area contributed by atoms with Crippen LogP contribution in [-0.2, 0) is 29.9 Å². The van der Waals surface area contributed by atoms with E-state index in [9.17, 15) is 4.57 Å². The molecular weight excluding hydrogens is 375 g/mol. The molecule has 0 spiro atoms. The summed E-state index contributed by atoms with van der Waals surface area (Å²) in [4.78, 5) is 0. The van der Waals surface area contributed by atoms with Gasteiger partial charge in [-0.3, -0.25) is 4.57 Å². The van der Waals surface area contributed by atoms with E-state index >= 15 is 0 Å². The maximum Gasteiger partial charge on any atom is 0.335 e. The number of hydrogen-bond donors (Lipinski definition) is 0. The zero-order valence-corrected chi connectivity index (χ0v) is 18.3. The minimum absolute atomic E-state index is 0.179. The Balaban J connectivity index is 2.15. The fourth-order valence-electron chi connectivity index (χ4n) is 3.03. The van der Waals surface area contributed by atoms with E-state index in [4.69, 9.17) is 18.5 Å². The topological polar surface area (TPSA) is 54.0 Å². The van der Waals surface area contributed by atoms with E-state index < -0.39 is 7.60 Å². The SMILES string of the molecule is CCOP(=O)(Cc1ccc(C(C)(C)c2ccc(OCOC)cc2)cc1)OCC. The number of rotatable bonds is 11. The van der Waals surface area contributed by atoms with Crippen LogP contribution >= 0.6 is 7.60 Å². The molecule has 2 rings (SSSR count). The highest BCUT2D eigenvalue weighted by molar-refractivity contribution is 7.53. The van der Waals surface area contributed by atoms with E-state index in [1.807, 2.05) is 38.1 Å². The molecule has 0 aliphatic rings. The van der Waals surface area contributed by atoms with E-state index in [1.54, 1.807) is 7.11 Å². The minimum atomic E-state index is -3.09. The lowest BCUT2D eigenvalue weighted by atomic mass is 9.78. The van der Waals surface area contributed by atoms with Gasteiger partial charge in [-0.2, -0.15) is 0 Å². The Morgan fingerprint density at radius 1 is 0.857 bits per heavy atom. The Bertz CT molecular complexity index is 759. The Kier molecular flexibility index (Phi) is 8.26. The fraction of sp³-hybridized carbons (Fsp3) is 0.455. The normalized spacial score (nSPS) is 12.2. The molecule has 28 heavy (non-hydrogen) atoms. The molecule has 154 valence electrons. The van der Waals surface area contributed by atoms with E-state index in [0.717, 1.165) is 11.3 Å². The summed E-state index contributed by atoms with van der Waals surface area (Å²) < 4.78 is 33.9. The zero-order valence-electron chi connectivity index (χ0n) is 17.4. The molecule has 0 unspecified atom stereocenters. The highest BCUT2D eigenvalue weighted by atomic mass is 31.2. The van der Waals surface area contributed by atoms with Crippen molar-refractivity contribution in [3.05, 3.63) is 65.2 Å². The second-order valence-electron chi connectivity index (χ2n) is 7.00. The molecule has 0 radical (unpaired) electrons. The van der Waals surface area contributed by atoms with Crippen LogP contribution in [0.1, 0.15) is 44.4 Å². The van der Waals surface area contributed by atoms with Crippen LogP contribution < -0.4 is 4.74 Å². The van der Waals surface area contributed by atoms with E-state index in [-0.39, 0.29) is 18.4 Å². The molecule has 0 N–H and O–H groups in total. The summed E-state index contributed by atoms with van der Waals surface area (Å²) in [5.41, 5.74) is 3.11. The molecule has 6 heteroatoms. The summed E-state index contributed by atoms with van der Waals surface area (Å²) in [6.45, 7) is 8.97. The molecule has 5 nitrogen and oxygen atoms in total. The largest absolute Gasteiger partial charge is 0.468 e. The van der Waals surface area contributed by atoms with Gasteiger partial charge in [-0.05, 0) is 42.7 Å². The molecule has 0 atom stereocenters. The summed E-state index contributed by atoms with van der Waals surface area (Å²) in [6.07, 6.45) is 0.279. The van der Waals surface area contributed by atoms with E-state index in [1.165, 1.54) is 11.1 Å². The first kappa shape index (κ1) is 22.6. The Labute approximate surface area is 168 Å². The maximum atomic E-state index is 12.7. The Hall–Kier alpha value is -1.65. The van der Waals surface area contributed by atoms with Gasteiger partial charge in [-0.25, -0.2) is 0 Å². The summed E-state index contributed by atoms with van der Waals surface area (Å²) >= 11 is 0. The van der Waals surface area contributed by atoms with Crippen molar-refractivity contribution < 1.29 is 23.1 Å². The van der Waals surface area contributed by atoms with E-state index in [2.05, 4.69) is 38.1 Å². The van der Waals surface area contributed by atoms with Gasteiger partial charge in [0.2, 0.25) is 0 Å². The first-order valence-electron chi connectivity index (χ1n) is 9.54. The van der Waals surface area contributed by atoms with Gasteiger partial charge in [0.05, 0.1) is 19.4 Å². The smallest absolute Gasteiger partial charge is 0.335 e. The van der Waals surface area contributed by atoms with Crippen LogP contribution in [0, 0.1) is 0 Å². The standard InChI is InChI=1S/C22H31O5P/c1-6-26-28(23,27-7-2)16-18-8-10-19(11-9-18)22(3,4)20-12-14-21(15-13-20)25-17-24-5/h8-15H,6-7,16-17H2,1-5H3. The first-order chi connectivity index (χ1) is 13.3. The molecule has 0 aromatic heterocycles. The van der Waals surface area contributed by atoms with Crippen LogP contribution in [0.25, 0.3) is 0 Å². The van der Waals surface area contributed by atoms with Crippen molar-refractivity contribution in [2.75, 3.05) is 27.1 Å². The molecule has 2 aromatic carbocycles. The minimum Gasteiger partial charge on any atom is -0.468 e. The van der Waals surface area contributed by atoms with Gasteiger partial charge in [0, 0.05) is 12.5 Å². The Morgan fingerprint density at radius 2 is 1.36 bits per heavy atom. The van der Waals surface area contributed by atoms with Crippen molar-refractivity contribution >= 4 is 7.60 Å². The molecule has 0 heterocycles. The number of benzene rings is 2. The van der Waals surface area contributed by atoms with Gasteiger partial charge >= 0.3 is 7.60 Å². The molecule has 0 bridgehead atoms. The molecule has 0 aliphatic heterocycles. The average molecular weight is 406 g/mol. The van der Waals surface area contributed by atoms with Gasteiger partial charge in [0.15, 0.2) is 6.79 Å². The van der Waals surface area contributed by atoms with Gasteiger partial charge in [-0.1, -0.05) is 50.2 Å². The molecule has 0 aliphatic carbocycles. The predicted molar refractivity (Wildman–Crippen MR) is 112 cm³/mol. The maximum absolute atomic E-state index is 12.7. The zero-order chi connectivity index (χ0) is 20.6. The molecule has 0 saturated heterocycles. The number of hydrogen-bond acceptors (Lipinski definition) is 5. The van der Waals surface area contributed by atoms with Gasteiger partial charge in [0.25, 0.3) is 0 Å². The molecule has 0 fully saturated rings. The first-order valence-corrected chi connectivity index (χ1v) is 11.3. The van der Waals surface area contributed by atoms with Gasteiger partial charge in [0.1, 0.15) is 5.75 Å². The van der Waals surface area contributed by atoms with Crippen molar-refractivity contribution in [2.45, 2.75) is 39.3 Å². The Morgan fingerprint density at radius 3 is 1.82 bits per heavy atom. The van der Waals surface area contributed by atoms with Crippen molar-refractivity contribution in [1.82, 2.24) is 0 Å². The van der Waals surface area contributed by atoms with Crippen molar-refractivity contribution in [2.24, 2.45) is 0 Å². The highest BCUT2D eigenvalue weighted by Crippen LogP contribution is 2.51. The van der Waals surface area contributed by atoms with Gasteiger partial charge in [-0.15, -0.1) is 0 Å².